The van der Waals surface area contributed by atoms with Crippen LogP contribution in [0.2, 0.25) is 0 Å². The Morgan fingerprint density at radius 1 is 0.824 bits per heavy atom. The molecule has 1 saturated heterocycles. The van der Waals surface area contributed by atoms with Crippen molar-refractivity contribution in [3.8, 4) is 0 Å². The van der Waals surface area contributed by atoms with E-state index in [4.69, 9.17) is 9.15 Å². The molecule has 2 aliphatic rings. The van der Waals surface area contributed by atoms with E-state index >= 15 is 0 Å². The lowest BCUT2D eigenvalue weighted by atomic mass is 9.97. The van der Waals surface area contributed by atoms with Gasteiger partial charge in [-0.2, -0.15) is 0 Å². The Bertz CT molecular complexity index is 1420. The molecule has 172 valence electrons. The minimum atomic E-state index is -0.444. The van der Waals surface area contributed by atoms with Crippen LogP contribution < -0.4 is 5.43 Å². The Morgan fingerprint density at radius 2 is 1.59 bits per heavy atom. The largest absolute Gasteiger partial charge is 0.450 e. The Balaban J connectivity index is 1.44. The number of hydrogen-bond acceptors (Lipinski definition) is 5. The summed E-state index contributed by atoms with van der Waals surface area (Å²) < 4.78 is 11.7. The molecule has 3 aromatic carbocycles. The van der Waals surface area contributed by atoms with Crippen molar-refractivity contribution < 1.29 is 13.9 Å². The quantitative estimate of drug-likeness (QED) is 0.423. The van der Waals surface area contributed by atoms with Gasteiger partial charge in [-0.15, -0.1) is 0 Å². The molecular weight excluding hydrogens is 428 g/mol. The zero-order valence-corrected chi connectivity index (χ0v) is 18.9. The molecule has 0 N–H and O–H groups in total. The van der Waals surface area contributed by atoms with Gasteiger partial charge >= 0.3 is 0 Å². The van der Waals surface area contributed by atoms with Crippen molar-refractivity contribution in [3.05, 3.63) is 93.8 Å². The molecule has 6 heteroatoms. The summed E-state index contributed by atoms with van der Waals surface area (Å²) in [4.78, 5) is 31.6. The van der Waals surface area contributed by atoms with Crippen LogP contribution in [0.5, 0.6) is 0 Å². The van der Waals surface area contributed by atoms with Gasteiger partial charge in [0, 0.05) is 31.6 Å². The smallest absolute Gasteiger partial charge is 0.290 e. The van der Waals surface area contributed by atoms with E-state index in [9.17, 15) is 9.59 Å². The van der Waals surface area contributed by atoms with Crippen molar-refractivity contribution in [2.24, 2.45) is 0 Å². The second-order valence-corrected chi connectivity index (χ2v) is 8.96. The molecule has 4 aromatic rings. The molecular formula is C28H26N2O4. The lowest BCUT2D eigenvalue weighted by Crippen LogP contribution is -2.38. The van der Waals surface area contributed by atoms with Gasteiger partial charge in [0.15, 0.2) is 5.43 Å². The molecule has 0 bridgehead atoms. The van der Waals surface area contributed by atoms with Gasteiger partial charge in [-0.3, -0.25) is 14.5 Å². The summed E-state index contributed by atoms with van der Waals surface area (Å²) in [6.45, 7) is 4.76. The second kappa shape index (κ2) is 8.70. The van der Waals surface area contributed by atoms with E-state index in [0.29, 0.717) is 23.1 Å². The number of morpholine rings is 1. The van der Waals surface area contributed by atoms with E-state index in [0.717, 1.165) is 55.6 Å². The summed E-state index contributed by atoms with van der Waals surface area (Å²) in [6, 6.07) is 20.9. The highest BCUT2D eigenvalue weighted by molar-refractivity contribution is 6.06. The highest BCUT2D eigenvalue weighted by Gasteiger charge is 2.42. The number of carbonyl (C=O) groups excluding carboxylic acids is 1. The van der Waals surface area contributed by atoms with Gasteiger partial charge in [-0.05, 0) is 23.4 Å². The fourth-order valence-corrected chi connectivity index (χ4v) is 5.25. The molecule has 0 spiro atoms. The normalized spacial score (nSPS) is 18.6. The molecule has 0 aliphatic carbocycles. The molecule has 1 amide bonds. The van der Waals surface area contributed by atoms with Gasteiger partial charge in [0.1, 0.15) is 5.58 Å². The van der Waals surface area contributed by atoms with Crippen LogP contribution in [0, 0.1) is 0 Å². The van der Waals surface area contributed by atoms with E-state index in [1.165, 1.54) is 0 Å². The monoisotopic (exact) mass is 454 g/mol. The number of ether oxygens (including phenoxy) is 1. The molecule has 6 nitrogen and oxygen atoms in total. The van der Waals surface area contributed by atoms with Crippen LogP contribution in [0.4, 0.5) is 0 Å². The van der Waals surface area contributed by atoms with Gasteiger partial charge in [-0.25, -0.2) is 0 Å². The first-order valence-electron chi connectivity index (χ1n) is 11.9. The lowest BCUT2D eigenvalue weighted by Gasteiger charge is -2.29. The van der Waals surface area contributed by atoms with E-state index in [-0.39, 0.29) is 17.1 Å². The van der Waals surface area contributed by atoms with Crippen molar-refractivity contribution in [2.75, 3.05) is 39.4 Å². The minimum absolute atomic E-state index is 0.125. The zero-order valence-electron chi connectivity index (χ0n) is 18.9. The number of fused-ring (bicyclic) bond motifs is 4. The fourth-order valence-electron chi connectivity index (χ4n) is 5.25. The molecule has 6 rings (SSSR count). The van der Waals surface area contributed by atoms with Crippen LogP contribution >= 0.6 is 0 Å². The number of amides is 1. The van der Waals surface area contributed by atoms with Gasteiger partial charge in [0.2, 0.25) is 5.76 Å². The summed E-state index contributed by atoms with van der Waals surface area (Å²) in [7, 11) is 0. The molecule has 0 saturated carbocycles. The van der Waals surface area contributed by atoms with Gasteiger partial charge in [0.25, 0.3) is 5.91 Å². The summed E-state index contributed by atoms with van der Waals surface area (Å²) in [5, 5.41) is 2.33. The summed E-state index contributed by atoms with van der Waals surface area (Å²) in [5.74, 6) is -0.0353. The first-order chi connectivity index (χ1) is 16.7. The number of nitrogens with zero attached hydrogens (tertiary/aromatic N) is 2. The van der Waals surface area contributed by atoms with Crippen LogP contribution in [0.15, 0.2) is 75.9 Å². The highest BCUT2D eigenvalue weighted by Crippen LogP contribution is 2.39. The number of hydrogen-bond donors (Lipinski definition) is 0. The van der Waals surface area contributed by atoms with E-state index < -0.39 is 6.04 Å². The molecule has 3 heterocycles. The number of rotatable bonds is 5. The Kier molecular flexibility index (Phi) is 5.40. The Hall–Kier alpha value is -3.48. The topological polar surface area (TPSA) is 63.0 Å². The standard InChI is InChI=1S/C28H26N2O4/c31-25-22-12-11-19-7-4-5-10-21(19)26(22)34-27-23(25)24(20-8-2-1-3-9-20)30(28(27)32)14-6-13-29-15-17-33-18-16-29/h1-5,7-12,24H,6,13-18H2. The predicted octanol–water partition coefficient (Wildman–Crippen LogP) is 4.21. The molecule has 1 aromatic heterocycles. The van der Waals surface area contributed by atoms with E-state index in [1.807, 2.05) is 71.6 Å². The summed E-state index contributed by atoms with van der Waals surface area (Å²) >= 11 is 0. The summed E-state index contributed by atoms with van der Waals surface area (Å²) in [6.07, 6.45) is 0.819. The van der Waals surface area contributed by atoms with E-state index in [1.54, 1.807) is 0 Å². The Labute approximate surface area is 197 Å². The van der Waals surface area contributed by atoms with Crippen molar-refractivity contribution >= 4 is 27.6 Å². The molecule has 2 aliphatic heterocycles. The van der Waals surface area contributed by atoms with Crippen LogP contribution in [-0.2, 0) is 4.74 Å². The van der Waals surface area contributed by atoms with E-state index in [2.05, 4.69) is 4.90 Å². The van der Waals surface area contributed by atoms with Crippen molar-refractivity contribution in [1.82, 2.24) is 9.80 Å². The second-order valence-electron chi connectivity index (χ2n) is 8.96. The predicted molar refractivity (Wildman–Crippen MR) is 131 cm³/mol. The van der Waals surface area contributed by atoms with Gasteiger partial charge in [0.05, 0.1) is 30.2 Å². The van der Waals surface area contributed by atoms with Crippen LogP contribution in [0.3, 0.4) is 0 Å². The third kappa shape index (κ3) is 3.50. The first-order valence-corrected chi connectivity index (χ1v) is 11.9. The third-order valence-electron chi connectivity index (χ3n) is 6.95. The average Bonchev–Trinajstić information content (AvgIpc) is 3.17. The first kappa shape index (κ1) is 21.1. The maximum atomic E-state index is 13.8. The SMILES string of the molecule is O=C1c2oc3c(ccc4ccccc43)c(=O)c2C(c2ccccc2)N1CCCN1CCOCC1. The van der Waals surface area contributed by atoms with Crippen molar-refractivity contribution in [2.45, 2.75) is 12.5 Å². The molecule has 1 unspecified atom stereocenters. The third-order valence-corrected chi connectivity index (χ3v) is 6.95. The van der Waals surface area contributed by atoms with Crippen LogP contribution in [-0.4, -0.2) is 55.1 Å². The number of benzene rings is 3. The highest BCUT2D eigenvalue weighted by atomic mass is 16.5. The van der Waals surface area contributed by atoms with Crippen molar-refractivity contribution in [3.63, 3.8) is 0 Å². The van der Waals surface area contributed by atoms with Gasteiger partial charge < -0.3 is 14.1 Å². The van der Waals surface area contributed by atoms with Gasteiger partial charge in [-0.1, -0.05) is 60.7 Å². The maximum absolute atomic E-state index is 13.8. The fraction of sp³-hybridized carbons (Fsp3) is 0.286. The molecule has 1 atom stereocenters. The van der Waals surface area contributed by atoms with Crippen molar-refractivity contribution in [1.29, 1.82) is 0 Å². The molecule has 1 fully saturated rings. The minimum Gasteiger partial charge on any atom is -0.450 e. The number of carbonyl (C=O) groups is 1. The van der Waals surface area contributed by atoms with Crippen LogP contribution in [0.25, 0.3) is 21.7 Å². The summed E-state index contributed by atoms with van der Waals surface area (Å²) in [5.41, 5.74) is 1.73. The average molecular weight is 455 g/mol. The molecule has 0 radical (unpaired) electrons. The lowest BCUT2D eigenvalue weighted by molar-refractivity contribution is 0.0353. The molecule has 34 heavy (non-hydrogen) atoms. The zero-order chi connectivity index (χ0) is 23.1. The van der Waals surface area contributed by atoms with Crippen LogP contribution in [0.1, 0.15) is 34.1 Å². The Morgan fingerprint density at radius 3 is 2.41 bits per heavy atom. The maximum Gasteiger partial charge on any atom is 0.290 e.